The molecule has 7 atom stereocenters. The highest BCUT2D eigenvalue weighted by Gasteiger charge is 2.52. The van der Waals surface area contributed by atoms with Gasteiger partial charge in [0, 0.05) is 12.3 Å². The molecular formula is C17H30O5. The molecule has 0 amide bonds. The molecule has 2 saturated heterocycles. The van der Waals surface area contributed by atoms with Gasteiger partial charge >= 0.3 is 5.97 Å². The van der Waals surface area contributed by atoms with Crippen LogP contribution in [0.4, 0.5) is 0 Å². The van der Waals surface area contributed by atoms with Gasteiger partial charge in [-0.1, -0.05) is 20.8 Å². The molecule has 0 bridgehead atoms. The van der Waals surface area contributed by atoms with Crippen molar-refractivity contribution in [1.29, 1.82) is 0 Å². The van der Waals surface area contributed by atoms with Crippen molar-refractivity contribution in [2.75, 3.05) is 7.11 Å². The third kappa shape index (κ3) is 3.17. The maximum atomic E-state index is 11.9. The normalized spacial score (nSPS) is 43.8. The number of rotatable bonds is 3. The summed E-state index contributed by atoms with van der Waals surface area (Å²) in [5.74, 6) is -0.737. The lowest BCUT2D eigenvalue weighted by atomic mass is 9.77. The largest absolute Gasteiger partial charge is 0.469 e. The second kappa shape index (κ2) is 6.85. The van der Waals surface area contributed by atoms with Gasteiger partial charge in [-0.25, -0.2) is 0 Å². The summed E-state index contributed by atoms with van der Waals surface area (Å²) in [6.07, 6.45) is 2.21. The molecule has 2 aliphatic rings. The molecule has 0 aliphatic carbocycles. The first kappa shape index (κ1) is 17.7. The first-order valence-corrected chi connectivity index (χ1v) is 8.46. The highest BCUT2D eigenvalue weighted by Crippen LogP contribution is 2.46. The summed E-state index contributed by atoms with van der Waals surface area (Å²) in [6.45, 7) is 8.12. The van der Waals surface area contributed by atoms with Crippen molar-refractivity contribution in [2.45, 2.75) is 77.5 Å². The standard InChI is InChI=1S/C17H30O5/c1-6-14-13(18)7-8-17(21-14)11(3)9-10(2)15(22-17)12(4)16(19)20-5/h10-15,18H,6-9H2,1-5H3/t10-,11-,12+,13-,14+,15-,17+/m0/s1. The Kier molecular flexibility index (Phi) is 5.51. The zero-order valence-corrected chi connectivity index (χ0v) is 14.4. The van der Waals surface area contributed by atoms with E-state index < -0.39 is 11.9 Å². The lowest BCUT2D eigenvalue weighted by molar-refractivity contribution is -0.361. The van der Waals surface area contributed by atoms with Gasteiger partial charge in [-0.15, -0.1) is 0 Å². The molecule has 0 aromatic rings. The second-order valence-corrected chi connectivity index (χ2v) is 6.99. The number of aliphatic hydroxyl groups excluding tert-OH is 1. The van der Waals surface area contributed by atoms with Gasteiger partial charge in [0.15, 0.2) is 5.79 Å². The van der Waals surface area contributed by atoms with E-state index in [-0.39, 0.29) is 35.9 Å². The molecule has 1 N–H and O–H groups in total. The van der Waals surface area contributed by atoms with E-state index in [2.05, 4.69) is 13.8 Å². The molecule has 0 unspecified atom stereocenters. The van der Waals surface area contributed by atoms with Crippen LogP contribution in [0.5, 0.6) is 0 Å². The van der Waals surface area contributed by atoms with Crippen molar-refractivity contribution in [3.63, 3.8) is 0 Å². The molecule has 128 valence electrons. The van der Waals surface area contributed by atoms with Gasteiger partial charge in [0.25, 0.3) is 0 Å². The summed E-state index contributed by atoms with van der Waals surface area (Å²) in [6, 6.07) is 0. The molecular weight excluding hydrogens is 284 g/mol. The van der Waals surface area contributed by atoms with E-state index >= 15 is 0 Å². The molecule has 0 aromatic heterocycles. The molecule has 2 fully saturated rings. The van der Waals surface area contributed by atoms with Crippen LogP contribution in [-0.2, 0) is 19.0 Å². The molecule has 2 heterocycles. The molecule has 5 nitrogen and oxygen atoms in total. The Bertz CT molecular complexity index is 399. The summed E-state index contributed by atoms with van der Waals surface area (Å²) >= 11 is 0. The summed E-state index contributed by atoms with van der Waals surface area (Å²) < 4.78 is 17.5. The van der Waals surface area contributed by atoms with E-state index in [4.69, 9.17) is 14.2 Å². The van der Waals surface area contributed by atoms with Crippen molar-refractivity contribution in [3.05, 3.63) is 0 Å². The van der Waals surface area contributed by atoms with Crippen molar-refractivity contribution >= 4 is 5.97 Å². The van der Waals surface area contributed by atoms with E-state index in [1.165, 1.54) is 7.11 Å². The van der Waals surface area contributed by atoms with Crippen LogP contribution in [0.2, 0.25) is 0 Å². The SMILES string of the molecule is CC[C@H]1O[C@]2(CC[C@@H]1O)O[C@H]([C@@H](C)C(=O)OC)[C@@H](C)C[C@@H]2C. The van der Waals surface area contributed by atoms with Crippen LogP contribution in [0.3, 0.4) is 0 Å². The topological polar surface area (TPSA) is 65.0 Å². The van der Waals surface area contributed by atoms with Crippen LogP contribution < -0.4 is 0 Å². The predicted octanol–water partition coefficient (Wildman–Crippen LogP) is 2.50. The summed E-state index contributed by atoms with van der Waals surface area (Å²) in [7, 11) is 1.41. The Morgan fingerprint density at radius 1 is 1.41 bits per heavy atom. The Labute approximate surface area is 133 Å². The van der Waals surface area contributed by atoms with Crippen molar-refractivity contribution in [1.82, 2.24) is 0 Å². The van der Waals surface area contributed by atoms with Crippen LogP contribution in [0.25, 0.3) is 0 Å². The Morgan fingerprint density at radius 2 is 2.09 bits per heavy atom. The molecule has 22 heavy (non-hydrogen) atoms. The van der Waals surface area contributed by atoms with Crippen LogP contribution in [0.1, 0.15) is 53.4 Å². The third-order valence-electron chi connectivity index (χ3n) is 5.41. The van der Waals surface area contributed by atoms with E-state index in [1.807, 2.05) is 13.8 Å². The fourth-order valence-corrected chi connectivity index (χ4v) is 3.98. The Balaban J connectivity index is 2.19. The third-order valence-corrected chi connectivity index (χ3v) is 5.41. The van der Waals surface area contributed by atoms with Crippen LogP contribution in [-0.4, -0.2) is 42.3 Å². The number of carbonyl (C=O) groups excluding carboxylic acids is 1. The number of ether oxygens (including phenoxy) is 3. The average Bonchev–Trinajstić information content (AvgIpc) is 2.51. The Hall–Kier alpha value is -0.650. The first-order valence-electron chi connectivity index (χ1n) is 8.46. The number of hydrogen-bond acceptors (Lipinski definition) is 5. The monoisotopic (exact) mass is 314 g/mol. The van der Waals surface area contributed by atoms with Gasteiger partial charge in [-0.05, 0) is 32.1 Å². The van der Waals surface area contributed by atoms with E-state index in [0.29, 0.717) is 12.8 Å². The number of methoxy groups -OCH3 is 1. The van der Waals surface area contributed by atoms with Gasteiger partial charge in [0.05, 0.1) is 31.3 Å². The fraction of sp³-hybridized carbons (Fsp3) is 0.941. The maximum absolute atomic E-state index is 11.9. The fourth-order valence-electron chi connectivity index (χ4n) is 3.98. The predicted molar refractivity (Wildman–Crippen MR) is 82.1 cm³/mol. The summed E-state index contributed by atoms with van der Waals surface area (Å²) in [5.41, 5.74) is 0. The van der Waals surface area contributed by atoms with Crippen LogP contribution >= 0.6 is 0 Å². The van der Waals surface area contributed by atoms with Crippen LogP contribution in [0, 0.1) is 17.8 Å². The molecule has 5 heteroatoms. The van der Waals surface area contributed by atoms with Gasteiger partial charge < -0.3 is 19.3 Å². The smallest absolute Gasteiger partial charge is 0.311 e. The lowest BCUT2D eigenvalue weighted by Crippen LogP contribution is -2.59. The van der Waals surface area contributed by atoms with Gasteiger partial charge in [0.2, 0.25) is 0 Å². The highest BCUT2D eigenvalue weighted by atomic mass is 16.7. The van der Waals surface area contributed by atoms with E-state index in [9.17, 15) is 9.90 Å². The molecule has 0 saturated carbocycles. The number of esters is 1. The lowest BCUT2D eigenvalue weighted by Gasteiger charge is -2.53. The Morgan fingerprint density at radius 3 is 2.68 bits per heavy atom. The molecule has 2 rings (SSSR count). The zero-order valence-electron chi connectivity index (χ0n) is 14.4. The van der Waals surface area contributed by atoms with Gasteiger partial charge in [0.1, 0.15) is 0 Å². The molecule has 0 radical (unpaired) electrons. The van der Waals surface area contributed by atoms with Crippen molar-refractivity contribution < 1.29 is 24.1 Å². The summed E-state index contributed by atoms with van der Waals surface area (Å²) in [4.78, 5) is 11.9. The minimum atomic E-state index is -0.681. The van der Waals surface area contributed by atoms with E-state index in [0.717, 1.165) is 12.8 Å². The highest BCUT2D eigenvalue weighted by molar-refractivity contribution is 5.72. The zero-order chi connectivity index (χ0) is 16.5. The first-order chi connectivity index (χ1) is 10.3. The van der Waals surface area contributed by atoms with Crippen LogP contribution in [0.15, 0.2) is 0 Å². The van der Waals surface area contributed by atoms with Crippen molar-refractivity contribution in [2.24, 2.45) is 17.8 Å². The average molecular weight is 314 g/mol. The minimum absolute atomic E-state index is 0.196. The van der Waals surface area contributed by atoms with Gasteiger partial charge in [-0.2, -0.15) is 0 Å². The molecule has 2 aliphatic heterocycles. The van der Waals surface area contributed by atoms with E-state index in [1.54, 1.807) is 0 Å². The quantitative estimate of drug-likeness (QED) is 0.811. The number of aliphatic hydroxyl groups is 1. The number of carbonyl (C=O) groups is 1. The van der Waals surface area contributed by atoms with Crippen molar-refractivity contribution in [3.8, 4) is 0 Å². The minimum Gasteiger partial charge on any atom is -0.469 e. The van der Waals surface area contributed by atoms with Gasteiger partial charge in [-0.3, -0.25) is 4.79 Å². The number of hydrogen-bond donors (Lipinski definition) is 1. The summed E-state index contributed by atoms with van der Waals surface area (Å²) in [5, 5.41) is 10.1. The maximum Gasteiger partial charge on any atom is 0.311 e. The molecule has 0 aromatic carbocycles. The molecule has 1 spiro atoms. The second-order valence-electron chi connectivity index (χ2n) is 6.99.